The zero-order chi connectivity index (χ0) is 14.4. The van der Waals surface area contributed by atoms with Gasteiger partial charge in [-0.15, -0.1) is 11.8 Å². The van der Waals surface area contributed by atoms with Crippen LogP contribution in [0.5, 0.6) is 0 Å². The molecule has 0 saturated carbocycles. The first-order chi connectivity index (χ1) is 9.76. The third-order valence-corrected chi connectivity index (χ3v) is 3.75. The number of hydrogen-bond acceptors (Lipinski definition) is 4. The van der Waals surface area contributed by atoms with Crippen molar-refractivity contribution < 1.29 is 0 Å². The molecule has 3 nitrogen and oxygen atoms in total. The third-order valence-electron chi connectivity index (χ3n) is 3.04. The fourth-order valence-corrected chi connectivity index (χ4v) is 2.57. The van der Waals surface area contributed by atoms with Gasteiger partial charge in [0, 0.05) is 22.5 Å². The van der Waals surface area contributed by atoms with Gasteiger partial charge in [0.25, 0.3) is 0 Å². The van der Waals surface area contributed by atoms with Crippen molar-refractivity contribution in [2.24, 2.45) is 0 Å². The zero-order valence-corrected chi connectivity index (χ0v) is 13.2. The number of aromatic nitrogens is 3. The predicted octanol–water partition coefficient (Wildman–Crippen LogP) is 4.17. The van der Waals surface area contributed by atoms with E-state index < -0.39 is 0 Å². The molecule has 0 aromatic carbocycles. The second-order valence-electron chi connectivity index (χ2n) is 4.76. The first kappa shape index (κ1) is 15.0. The summed E-state index contributed by atoms with van der Waals surface area (Å²) in [5.74, 6) is 0.740. The summed E-state index contributed by atoms with van der Waals surface area (Å²) in [6.45, 7) is 4.33. The van der Waals surface area contributed by atoms with Gasteiger partial charge in [-0.05, 0) is 37.3 Å². The van der Waals surface area contributed by atoms with Crippen LogP contribution < -0.4 is 0 Å². The van der Waals surface area contributed by atoms with Gasteiger partial charge in [-0.25, -0.2) is 15.0 Å². The van der Waals surface area contributed by atoms with Crippen molar-refractivity contribution in [3.8, 4) is 11.5 Å². The Morgan fingerprint density at radius 2 is 1.75 bits per heavy atom. The van der Waals surface area contributed by atoms with E-state index in [0.717, 1.165) is 48.6 Å². The van der Waals surface area contributed by atoms with E-state index in [1.165, 1.54) is 4.90 Å². The van der Waals surface area contributed by atoms with Crippen LogP contribution in [0, 0.1) is 0 Å². The van der Waals surface area contributed by atoms with E-state index in [2.05, 4.69) is 42.2 Å². The number of rotatable bonds is 6. The van der Waals surface area contributed by atoms with Crippen LogP contribution in [-0.4, -0.2) is 21.2 Å². The van der Waals surface area contributed by atoms with Gasteiger partial charge in [0.2, 0.25) is 0 Å². The first-order valence-corrected chi connectivity index (χ1v) is 8.36. The van der Waals surface area contributed by atoms with Gasteiger partial charge in [-0.2, -0.15) is 0 Å². The Bertz CT molecular complexity index is 569. The summed E-state index contributed by atoms with van der Waals surface area (Å²) >= 11 is 1.74. The van der Waals surface area contributed by atoms with Gasteiger partial charge in [0.15, 0.2) is 5.82 Å². The van der Waals surface area contributed by atoms with Gasteiger partial charge >= 0.3 is 0 Å². The average Bonchev–Trinajstić information content (AvgIpc) is 2.48. The molecule has 20 heavy (non-hydrogen) atoms. The van der Waals surface area contributed by atoms with E-state index in [1.807, 2.05) is 12.3 Å². The number of nitrogens with zero attached hydrogens (tertiary/aromatic N) is 3. The second-order valence-corrected chi connectivity index (χ2v) is 5.63. The highest BCUT2D eigenvalue weighted by atomic mass is 32.2. The van der Waals surface area contributed by atoms with Gasteiger partial charge in [-0.1, -0.05) is 26.7 Å². The Hall–Kier alpha value is -1.42. The van der Waals surface area contributed by atoms with Crippen LogP contribution in [0.25, 0.3) is 11.5 Å². The van der Waals surface area contributed by atoms with E-state index in [-0.39, 0.29) is 0 Å². The Morgan fingerprint density at radius 3 is 2.45 bits per heavy atom. The first-order valence-electron chi connectivity index (χ1n) is 7.14. The summed E-state index contributed by atoms with van der Waals surface area (Å²) in [6, 6.07) is 6.22. The molecule has 0 radical (unpaired) electrons. The molecule has 0 atom stereocenters. The molecule has 0 amide bonds. The van der Waals surface area contributed by atoms with Crippen molar-refractivity contribution in [2.75, 3.05) is 6.26 Å². The van der Waals surface area contributed by atoms with Crippen molar-refractivity contribution in [1.29, 1.82) is 0 Å². The van der Waals surface area contributed by atoms with E-state index in [4.69, 9.17) is 4.98 Å². The lowest BCUT2D eigenvalue weighted by Crippen LogP contribution is -1.99. The van der Waals surface area contributed by atoms with E-state index >= 15 is 0 Å². The second kappa shape index (κ2) is 7.39. The molecule has 2 heterocycles. The van der Waals surface area contributed by atoms with Crippen LogP contribution >= 0.6 is 11.8 Å². The molecular formula is C16H21N3S. The molecule has 0 aliphatic rings. The lowest BCUT2D eigenvalue weighted by atomic mass is 10.2. The van der Waals surface area contributed by atoms with Crippen LogP contribution in [0.3, 0.4) is 0 Å². The van der Waals surface area contributed by atoms with Crippen molar-refractivity contribution in [3.05, 3.63) is 35.8 Å². The van der Waals surface area contributed by atoms with Gasteiger partial charge < -0.3 is 0 Å². The van der Waals surface area contributed by atoms with Gasteiger partial charge in [0.05, 0.1) is 0 Å². The molecule has 0 fully saturated rings. The topological polar surface area (TPSA) is 38.7 Å². The number of aryl methyl sites for hydroxylation is 2. The summed E-state index contributed by atoms with van der Waals surface area (Å²) in [7, 11) is 0. The van der Waals surface area contributed by atoms with Crippen molar-refractivity contribution in [3.63, 3.8) is 0 Å². The molecule has 0 N–H and O–H groups in total. The van der Waals surface area contributed by atoms with Crippen molar-refractivity contribution in [1.82, 2.24) is 15.0 Å². The summed E-state index contributed by atoms with van der Waals surface area (Å²) in [6.07, 6.45) is 8.09. The molecule has 4 heteroatoms. The Labute approximate surface area is 125 Å². The van der Waals surface area contributed by atoms with Crippen LogP contribution in [0.4, 0.5) is 0 Å². The Balaban J connectivity index is 2.39. The average molecular weight is 287 g/mol. The molecule has 0 spiro atoms. The van der Waals surface area contributed by atoms with Crippen LogP contribution in [0.2, 0.25) is 0 Å². The third kappa shape index (κ3) is 3.79. The molecule has 106 valence electrons. The van der Waals surface area contributed by atoms with Crippen molar-refractivity contribution in [2.45, 2.75) is 44.4 Å². The fourth-order valence-electron chi connectivity index (χ4n) is 2.09. The molecule has 2 rings (SSSR count). The molecule has 0 bridgehead atoms. The van der Waals surface area contributed by atoms with E-state index in [9.17, 15) is 0 Å². The number of pyridine rings is 1. The standard InChI is InChI=1S/C16H21N3S/c1-4-6-12-8-9-17-16(19-12)15-11-14(20-3)10-13(18-15)7-5-2/h8-11H,4-7H2,1-3H3. The molecule has 2 aromatic rings. The SMILES string of the molecule is CCCc1cc(SC)cc(-c2nccc(CCC)n2)n1. The molecule has 0 saturated heterocycles. The van der Waals surface area contributed by atoms with Crippen LogP contribution in [0.1, 0.15) is 38.1 Å². The summed E-state index contributed by atoms with van der Waals surface area (Å²) in [5, 5.41) is 0. The molecule has 2 aromatic heterocycles. The quantitative estimate of drug-likeness (QED) is 0.748. The molecular weight excluding hydrogens is 266 g/mol. The maximum atomic E-state index is 4.70. The maximum absolute atomic E-state index is 4.70. The summed E-state index contributed by atoms with van der Waals surface area (Å²) < 4.78 is 0. The highest BCUT2D eigenvalue weighted by Gasteiger charge is 2.08. The van der Waals surface area contributed by atoms with Crippen LogP contribution in [0.15, 0.2) is 29.3 Å². The largest absolute Gasteiger partial charge is 0.249 e. The monoisotopic (exact) mass is 287 g/mol. The van der Waals surface area contributed by atoms with Gasteiger partial charge in [-0.3, -0.25) is 0 Å². The molecule has 0 unspecified atom stereocenters. The summed E-state index contributed by atoms with van der Waals surface area (Å²) in [5.41, 5.74) is 3.10. The lowest BCUT2D eigenvalue weighted by molar-refractivity contribution is 0.863. The number of hydrogen-bond donors (Lipinski definition) is 0. The maximum Gasteiger partial charge on any atom is 0.178 e. The summed E-state index contributed by atoms with van der Waals surface area (Å²) in [4.78, 5) is 14.9. The minimum Gasteiger partial charge on any atom is -0.249 e. The van der Waals surface area contributed by atoms with Crippen LogP contribution in [-0.2, 0) is 12.8 Å². The molecule has 0 aliphatic heterocycles. The predicted molar refractivity (Wildman–Crippen MR) is 85.0 cm³/mol. The minimum atomic E-state index is 0.740. The smallest absolute Gasteiger partial charge is 0.178 e. The highest BCUT2D eigenvalue weighted by molar-refractivity contribution is 7.98. The Kier molecular flexibility index (Phi) is 5.53. The minimum absolute atomic E-state index is 0.740. The van der Waals surface area contributed by atoms with Crippen molar-refractivity contribution >= 4 is 11.8 Å². The normalized spacial score (nSPS) is 10.8. The van der Waals surface area contributed by atoms with E-state index in [0.29, 0.717) is 0 Å². The number of thioether (sulfide) groups is 1. The van der Waals surface area contributed by atoms with Gasteiger partial charge in [0.1, 0.15) is 5.69 Å². The fraction of sp³-hybridized carbons (Fsp3) is 0.438. The molecule has 0 aliphatic carbocycles. The highest BCUT2D eigenvalue weighted by Crippen LogP contribution is 2.22. The van der Waals surface area contributed by atoms with E-state index in [1.54, 1.807) is 11.8 Å². The lowest BCUT2D eigenvalue weighted by Gasteiger charge is -2.07. The zero-order valence-electron chi connectivity index (χ0n) is 12.4. The Morgan fingerprint density at radius 1 is 1.00 bits per heavy atom.